The molecule has 2 aliphatic heterocycles. The van der Waals surface area contributed by atoms with Gasteiger partial charge in [0.1, 0.15) is 12.3 Å². The topological polar surface area (TPSA) is 62.3 Å². The fourth-order valence-corrected chi connectivity index (χ4v) is 3.95. The van der Waals surface area contributed by atoms with Crippen molar-refractivity contribution in [3.63, 3.8) is 0 Å². The highest BCUT2D eigenvalue weighted by atomic mass is 16.5. The standard InChI is InChI=1S/C23H27N3O4/c1-29-19-6-4-5-18(15-19)16-25-9-10-26(17-22(25)27)23(28)20-7-2-3-8-21(20)24-11-13-30-14-12-24/h2-8,15H,9-14,16-17H2,1H3. The Morgan fingerprint density at radius 3 is 2.60 bits per heavy atom. The number of morpholine rings is 1. The van der Waals surface area contributed by atoms with Gasteiger partial charge in [-0.3, -0.25) is 9.59 Å². The number of methoxy groups -OCH3 is 1. The second-order valence-electron chi connectivity index (χ2n) is 7.51. The lowest BCUT2D eigenvalue weighted by molar-refractivity contribution is -0.135. The van der Waals surface area contributed by atoms with Crippen LogP contribution in [0.3, 0.4) is 0 Å². The smallest absolute Gasteiger partial charge is 0.256 e. The van der Waals surface area contributed by atoms with Crippen LogP contribution in [-0.4, -0.2) is 74.7 Å². The van der Waals surface area contributed by atoms with Crippen molar-refractivity contribution in [2.75, 3.05) is 57.9 Å². The number of benzene rings is 2. The fourth-order valence-electron chi connectivity index (χ4n) is 3.95. The van der Waals surface area contributed by atoms with E-state index in [2.05, 4.69) is 4.90 Å². The third kappa shape index (κ3) is 4.41. The molecule has 0 aromatic heterocycles. The zero-order chi connectivity index (χ0) is 20.9. The van der Waals surface area contributed by atoms with E-state index in [1.807, 2.05) is 48.5 Å². The number of para-hydroxylation sites is 1. The number of amides is 2. The van der Waals surface area contributed by atoms with Crippen LogP contribution >= 0.6 is 0 Å². The van der Waals surface area contributed by atoms with Gasteiger partial charge in [-0.1, -0.05) is 24.3 Å². The number of piperazine rings is 1. The van der Waals surface area contributed by atoms with E-state index in [0.29, 0.717) is 38.4 Å². The molecule has 0 aliphatic carbocycles. The molecule has 0 bridgehead atoms. The Kier molecular flexibility index (Phi) is 6.18. The van der Waals surface area contributed by atoms with Crippen LogP contribution < -0.4 is 9.64 Å². The first-order valence-electron chi connectivity index (χ1n) is 10.3. The molecule has 2 fully saturated rings. The summed E-state index contributed by atoms with van der Waals surface area (Å²) in [5.41, 5.74) is 2.57. The molecule has 0 saturated carbocycles. The summed E-state index contributed by atoms with van der Waals surface area (Å²) < 4.78 is 10.7. The Balaban J connectivity index is 1.43. The lowest BCUT2D eigenvalue weighted by Crippen LogP contribution is -2.52. The summed E-state index contributed by atoms with van der Waals surface area (Å²) >= 11 is 0. The highest BCUT2D eigenvalue weighted by Gasteiger charge is 2.29. The van der Waals surface area contributed by atoms with Gasteiger partial charge in [-0.05, 0) is 29.8 Å². The number of anilines is 1. The molecule has 2 heterocycles. The highest BCUT2D eigenvalue weighted by Crippen LogP contribution is 2.24. The number of ether oxygens (including phenoxy) is 2. The van der Waals surface area contributed by atoms with E-state index in [-0.39, 0.29) is 18.4 Å². The summed E-state index contributed by atoms with van der Waals surface area (Å²) in [5.74, 6) is 0.640. The van der Waals surface area contributed by atoms with Crippen molar-refractivity contribution >= 4 is 17.5 Å². The molecule has 2 saturated heterocycles. The number of carbonyl (C=O) groups excluding carboxylic acids is 2. The van der Waals surface area contributed by atoms with Gasteiger partial charge in [-0.2, -0.15) is 0 Å². The summed E-state index contributed by atoms with van der Waals surface area (Å²) in [4.78, 5) is 31.6. The van der Waals surface area contributed by atoms with E-state index < -0.39 is 0 Å². The van der Waals surface area contributed by atoms with E-state index in [1.165, 1.54) is 0 Å². The van der Waals surface area contributed by atoms with Crippen LogP contribution in [0.5, 0.6) is 5.75 Å². The van der Waals surface area contributed by atoms with Crippen LogP contribution in [0, 0.1) is 0 Å². The average molecular weight is 409 g/mol. The zero-order valence-electron chi connectivity index (χ0n) is 17.3. The van der Waals surface area contributed by atoms with Crippen molar-refractivity contribution in [3.8, 4) is 5.75 Å². The second kappa shape index (κ2) is 9.17. The minimum Gasteiger partial charge on any atom is -0.497 e. The first kappa shape index (κ1) is 20.2. The third-order valence-electron chi connectivity index (χ3n) is 5.60. The summed E-state index contributed by atoms with van der Waals surface area (Å²) in [6.07, 6.45) is 0. The Morgan fingerprint density at radius 1 is 1.03 bits per heavy atom. The van der Waals surface area contributed by atoms with Crippen LogP contribution in [-0.2, 0) is 16.1 Å². The van der Waals surface area contributed by atoms with Crippen molar-refractivity contribution in [3.05, 3.63) is 59.7 Å². The molecule has 2 aliphatic rings. The van der Waals surface area contributed by atoms with Gasteiger partial charge in [-0.15, -0.1) is 0 Å². The lowest BCUT2D eigenvalue weighted by Gasteiger charge is -2.36. The van der Waals surface area contributed by atoms with Gasteiger partial charge in [-0.25, -0.2) is 0 Å². The molecule has 2 amide bonds. The zero-order valence-corrected chi connectivity index (χ0v) is 17.3. The van der Waals surface area contributed by atoms with Gasteiger partial charge in [0.25, 0.3) is 5.91 Å². The Hall–Kier alpha value is -3.06. The van der Waals surface area contributed by atoms with Crippen molar-refractivity contribution in [1.29, 1.82) is 0 Å². The molecule has 2 aromatic rings. The van der Waals surface area contributed by atoms with Gasteiger partial charge in [0, 0.05) is 38.4 Å². The number of nitrogens with zero attached hydrogens (tertiary/aromatic N) is 3. The van der Waals surface area contributed by atoms with Gasteiger partial charge in [0.15, 0.2) is 0 Å². The number of hydrogen-bond acceptors (Lipinski definition) is 5. The van der Waals surface area contributed by atoms with Crippen LogP contribution in [0.1, 0.15) is 15.9 Å². The molecule has 2 aromatic carbocycles. The minimum atomic E-state index is -0.0912. The molecule has 0 spiro atoms. The summed E-state index contributed by atoms with van der Waals surface area (Å²) in [7, 11) is 1.63. The first-order valence-corrected chi connectivity index (χ1v) is 10.3. The lowest BCUT2D eigenvalue weighted by atomic mass is 10.1. The SMILES string of the molecule is COc1cccc(CN2CCN(C(=O)c3ccccc3N3CCOCC3)CC2=O)c1. The Bertz CT molecular complexity index is 911. The minimum absolute atomic E-state index is 0.0405. The maximum absolute atomic E-state index is 13.2. The van der Waals surface area contributed by atoms with Gasteiger partial charge < -0.3 is 24.2 Å². The molecular formula is C23H27N3O4. The number of hydrogen-bond donors (Lipinski definition) is 0. The van der Waals surface area contributed by atoms with E-state index in [9.17, 15) is 9.59 Å². The van der Waals surface area contributed by atoms with E-state index >= 15 is 0 Å². The molecule has 0 atom stereocenters. The molecule has 4 rings (SSSR count). The van der Waals surface area contributed by atoms with Crippen molar-refractivity contribution in [1.82, 2.24) is 9.80 Å². The van der Waals surface area contributed by atoms with E-state index in [1.54, 1.807) is 16.9 Å². The molecule has 0 unspecified atom stereocenters. The largest absolute Gasteiger partial charge is 0.497 e. The van der Waals surface area contributed by atoms with E-state index in [4.69, 9.17) is 9.47 Å². The molecule has 7 nitrogen and oxygen atoms in total. The van der Waals surface area contributed by atoms with Crippen LogP contribution in [0.15, 0.2) is 48.5 Å². The van der Waals surface area contributed by atoms with Gasteiger partial charge >= 0.3 is 0 Å². The highest BCUT2D eigenvalue weighted by molar-refractivity contribution is 6.01. The summed E-state index contributed by atoms with van der Waals surface area (Å²) in [5, 5.41) is 0. The molecular weight excluding hydrogens is 382 g/mol. The normalized spacial score (nSPS) is 17.2. The van der Waals surface area contributed by atoms with E-state index in [0.717, 1.165) is 30.1 Å². The predicted octanol–water partition coefficient (Wildman–Crippen LogP) is 2.02. The summed E-state index contributed by atoms with van der Waals surface area (Å²) in [6.45, 7) is 4.49. The monoisotopic (exact) mass is 409 g/mol. The molecule has 30 heavy (non-hydrogen) atoms. The number of carbonyl (C=O) groups is 2. The van der Waals surface area contributed by atoms with Gasteiger partial charge in [0.05, 0.1) is 25.9 Å². The third-order valence-corrected chi connectivity index (χ3v) is 5.60. The Labute approximate surface area is 176 Å². The van der Waals surface area contributed by atoms with Crippen LogP contribution in [0.2, 0.25) is 0 Å². The summed E-state index contributed by atoms with van der Waals surface area (Å²) in [6, 6.07) is 15.3. The van der Waals surface area contributed by atoms with Crippen molar-refractivity contribution in [2.24, 2.45) is 0 Å². The maximum atomic E-state index is 13.2. The fraction of sp³-hybridized carbons (Fsp3) is 0.391. The first-order chi connectivity index (χ1) is 14.7. The molecule has 0 radical (unpaired) electrons. The molecule has 7 heteroatoms. The Morgan fingerprint density at radius 2 is 1.83 bits per heavy atom. The molecule has 158 valence electrons. The predicted molar refractivity (Wildman–Crippen MR) is 114 cm³/mol. The number of rotatable bonds is 5. The van der Waals surface area contributed by atoms with Crippen LogP contribution in [0.4, 0.5) is 5.69 Å². The average Bonchev–Trinajstić information content (AvgIpc) is 2.80. The second-order valence-corrected chi connectivity index (χ2v) is 7.51. The van der Waals surface area contributed by atoms with Crippen molar-refractivity contribution in [2.45, 2.75) is 6.54 Å². The maximum Gasteiger partial charge on any atom is 0.256 e. The quantitative estimate of drug-likeness (QED) is 0.756. The van der Waals surface area contributed by atoms with Crippen LogP contribution in [0.25, 0.3) is 0 Å². The molecule has 0 N–H and O–H groups in total. The van der Waals surface area contributed by atoms with Crippen molar-refractivity contribution < 1.29 is 19.1 Å². The van der Waals surface area contributed by atoms with Gasteiger partial charge in [0.2, 0.25) is 5.91 Å².